The lowest BCUT2D eigenvalue weighted by molar-refractivity contribution is -0.915. The SMILES string of the molecule is O=C1CC([NH+]2CCN(c3ncccn3)CC2)C(=O)N1c1ccc(F)cc1. The molecule has 0 spiro atoms. The summed E-state index contributed by atoms with van der Waals surface area (Å²) in [6, 6.07) is 6.84. The Morgan fingerprint density at radius 1 is 1.04 bits per heavy atom. The van der Waals surface area contributed by atoms with Gasteiger partial charge in [0, 0.05) is 12.4 Å². The number of carbonyl (C=O) groups is 2. The second-order valence-corrected chi connectivity index (χ2v) is 6.49. The summed E-state index contributed by atoms with van der Waals surface area (Å²) < 4.78 is 13.1. The van der Waals surface area contributed by atoms with Crippen LogP contribution in [-0.2, 0) is 9.59 Å². The Morgan fingerprint density at radius 3 is 2.35 bits per heavy atom. The third-order valence-electron chi connectivity index (χ3n) is 4.96. The van der Waals surface area contributed by atoms with Crippen LogP contribution >= 0.6 is 0 Å². The van der Waals surface area contributed by atoms with Gasteiger partial charge in [0.1, 0.15) is 5.82 Å². The summed E-state index contributed by atoms with van der Waals surface area (Å²) in [5.41, 5.74) is 0.430. The third kappa shape index (κ3) is 3.03. The van der Waals surface area contributed by atoms with Crippen LogP contribution in [0.4, 0.5) is 16.0 Å². The summed E-state index contributed by atoms with van der Waals surface area (Å²) in [6.45, 7) is 2.93. The molecule has 7 nitrogen and oxygen atoms in total. The first-order valence-corrected chi connectivity index (χ1v) is 8.62. The summed E-state index contributed by atoms with van der Waals surface area (Å²) >= 11 is 0. The minimum absolute atomic E-state index is 0.188. The molecule has 2 fully saturated rings. The number of halogens is 1. The second kappa shape index (κ2) is 6.80. The molecule has 4 rings (SSSR count). The number of nitrogens with zero attached hydrogens (tertiary/aromatic N) is 4. The molecule has 1 unspecified atom stereocenters. The smallest absolute Gasteiger partial charge is 0.292 e. The molecule has 2 aliphatic rings. The molecular weight excluding hydrogens is 337 g/mol. The van der Waals surface area contributed by atoms with Crippen LogP contribution in [-0.4, -0.2) is 54.0 Å². The minimum Gasteiger partial charge on any atom is -0.330 e. The van der Waals surface area contributed by atoms with E-state index in [1.54, 1.807) is 18.5 Å². The maximum atomic E-state index is 13.1. The van der Waals surface area contributed by atoms with Gasteiger partial charge in [0.25, 0.3) is 5.91 Å². The average molecular weight is 356 g/mol. The predicted octanol–water partition coefficient (Wildman–Crippen LogP) is -0.347. The van der Waals surface area contributed by atoms with E-state index in [0.29, 0.717) is 11.6 Å². The fourth-order valence-corrected chi connectivity index (χ4v) is 3.61. The molecule has 8 heteroatoms. The van der Waals surface area contributed by atoms with Crippen molar-refractivity contribution in [1.29, 1.82) is 0 Å². The lowest BCUT2D eigenvalue weighted by Crippen LogP contribution is -3.19. The number of hydrogen-bond donors (Lipinski definition) is 1. The van der Waals surface area contributed by atoms with Gasteiger partial charge in [-0.2, -0.15) is 0 Å². The van der Waals surface area contributed by atoms with Gasteiger partial charge in [0.15, 0.2) is 6.04 Å². The molecule has 26 heavy (non-hydrogen) atoms. The lowest BCUT2D eigenvalue weighted by atomic mass is 10.2. The summed E-state index contributed by atoms with van der Waals surface area (Å²) in [4.78, 5) is 38.1. The zero-order chi connectivity index (χ0) is 18.1. The maximum absolute atomic E-state index is 13.1. The molecular formula is C18H19FN5O2+. The zero-order valence-electron chi connectivity index (χ0n) is 14.1. The summed E-state index contributed by atoms with van der Waals surface area (Å²) in [5.74, 6) is -0.142. The van der Waals surface area contributed by atoms with Gasteiger partial charge in [-0.05, 0) is 30.3 Å². The zero-order valence-corrected chi connectivity index (χ0v) is 14.1. The molecule has 0 saturated carbocycles. The molecule has 3 heterocycles. The highest BCUT2D eigenvalue weighted by Crippen LogP contribution is 2.22. The van der Waals surface area contributed by atoms with Crippen LogP contribution in [0.2, 0.25) is 0 Å². The number of nitrogens with one attached hydrogen (secondary N) is 1. The van der Waals surface area contributed by atoms with Crippen LogP contribution < -0.4 is 14.7 Å². The van der Waals surface area contributed by atoms with E-state index in [9.17, 15) is 14.0 Å². The molecule has 2 aliphatic heterocycles. The summed E-state index contributed by atoms with van der Waals surface area (Å²) in [6.07, 6.45) is 3.61. The van der Waals surface area contributed by atoms with Crippen molar-refractivity contribution < 1.29 is 18.9 Å². The average Bonchev–Trinajstić information content (AvgIpc) is 2.98. The van der Waals surface area contributed by atoms with Gasteiger partial charge in [0.05, 0.1) is 38.3 Å². The number of piperazine rings is 1. The van der Waals surface area contributed by atoms with Crippen molar-refractivity contribution in [3.8, 4) is 0 Å². The number of imide groups is 1. The minimum atomic E-state index is -0.394. The van der Waals surface area contributed by atoms with Gasteiger partial charge in [0.2, 0.25) is 11.9 Å². The van der Waals surface area contributed by atoms with Gasteiger partial charge >= 0.3 is 0 Å². The molecule has 2 saturated heterocycles. The van der Waals surface area contributed by atoms with E-state index in [1.165, 1.54) is 29.2 Å². The lowest BCUT2D eigenvalue weighted by Gasteiger charge is -2.34. The van der Waals surface area contributed by atoms with E-state index in [-0.39, 0.29) is 24.3 Å². The quantitative estimate of drug-likeness (QED) is 0.762. The van der Waals surface area contributed by atoms with Crippen LogP contribution in [0, 0.1) is 5.82 Å². The maximum Gasteiger partial charge on any atom is 0.292 e. The number of carbonyl (C=O) groups excluding carboxylic acids is 2. The molecule has 1 aromatic carbocycles. The van der Waals surface area contributed by atoms with Crippen molar-refractivity contribution in [3.05, 3.63) is 48.5 Å². The molecule has 0 radical (unpaired) electrons. The molecule has 134 valence electrons. The van der Waals surface area contributed by atoms with Crippen molar-refractivity contribution in [1.82, 2.24) is 9.97 Å². The molecule has 2 amide bonds. The number of amides is 2. The Morgan fingerprint density at radius 2 is 1.69 bits per heavy atom. The van der Waals surface area contributed by atoms with Crippen LogP contribution in [0.5, 0.6) is 0 Å². The van der Waals surface area contributed by atoms with Crippen LogP contribution in [0.3, 0.4) is 0 Å². The Hall–Kier alpha value is -2.87. The Labute approximate surface area is 150 Å². The molecule has 1 atom stereocenters. The number of benzene rings is 1. The number of hydrogen-bond acceptors (Lipinski definition) is 5. The highest BCUT2D eigenvalue weighted by molar-refractivity contribution is 6.21. The van der Waals surface area contributed by atoms with E-state index in [2.05, 4.69) is 14.9 Å². The topological polar surface area (TPSA) is 70.8 Å². The number of rotatable bonds is 3. The number of anilines is 2. The van der Waals surface area contributed by atoms with Gasteiger partial charge in [-0.15, -0.1) is 0 Å². The van der Waals surface area contributed by atoms with Gasteiger partial charge in [-0.3, -0.25) is 9.59 Å². The fourth-order valence-electron chi connectivity index (χ4n) is 3.61. The van der Waals surface area contributed by atoms with Gasteiger partial charge in [-0.1, -0.05) is 0 Å². The standard InChI is InChI=1S/C18H18FN5O2/c19-13-2-4-14(5-3-13)24-16(25)12-15(17(24)26)22-8-10-23(11-9-22)18-20-6-1-7-21-18/h1-7,15H,8-12H2/p+1. The molecule has 0 aliphatic carbocycles. The summed E-state index contributed by atoms with van der Waals surface area (Å²) in [7, 11) is 0. The molecule has 1 N–H and O–H groups in total. The fraction of sp³-hybridized carbons (Fsp3) is 0.333. The Balaban J connectivity index is 1.44. The Bertz CT molecular complexity index is 806. The van der Waals surface area contributed by atoms with Crippen molar-refractivity contribution in [3.63, 3.8) is 0 Å². The number of aromatic nitrogens is 2. The van der Waals surface area contributed by atoms with Gasteiger partial charge < -0.3 is 9.80 Å². The van der Waals surface area contributed by atoms with Crippen molar-refractivity contribution in [2.45, 2.75) is 12.5 Å². The van der Waals surface area contributed by atoms with Gasteiger partial charge in [-0.25, -0.2) is 19.3 Å². The monoisotopic (exact) mass is 356 g/mol. The highest BCUT2D eigenvalue weighted by Gasteiger charge is 2.46. The van der Waals surface area contributed by atoms with E-state index in [4.69, 9.17) is 0 Å². The van der Waals surface area contributed by atoms with E-state index in [0.717, 1.165) is 31.1 Å². The molecule has 1 aromatic heterocycles. The van der Waals surface area contributed by atoms with Crippen molar-refractivity contribution in [2.24, 2.45) is 0 Å². The predicted molar refractivity (Wildman–Crippen MR) is 92.2 cm³/mol. The first-order chi connectivity index (χ1) is 12.6. The Kier molecular flexibility index (Phi) is 4.34. The molecule has 2 aromatic rings. The first kappa shape index (κ1) is 16.6. The van der Waals surface area contributed by atoms with Crippen molar-refractivity contribution in [2.75, 3.05) is 36.0 Å². The third-order valence-corrected chi connectivity index (χ3v) is 4.96. The van der Waals surface area contributed by atoms with E-state index >= 15 is 0 Å². The van der Waals surface area contributed by atoms with E-state index in [1.807, 2.05) is 0 Å². The summed E-state index contributed by atoms with van der Waals surface area (Å²) in [5, 5.41) is 0. The number of quaternary nitrogens is 1. The van der Waals surface area contributed by atoms with Crippen LogP contribution in [0.15, 0.2) is 42.7 Å². The normalized spacial score (nSPS) is 21.5. The highest BCUT2D eigenvalue weighted by atomic mass is 19.1. The van der Waals surface area contributed by atoms with Crippen LogP contribution in [0.25, 0.3) is 0 Å². The largest absolute Gasteiger partial charge is 0.330 e. The molecule has 0 bridgehead atoms. The van der Waals surface area contributed by atoms with Crippen LogP contribution in [0.1, 0.15) is 6.42 Å². The second-order valence-electron chi connectivity index (χ2n) is 6.49. The van der Waals surface area contributed by atoms with E-state index < -0.39 is 5.82 Å². The first-order valence-electron chi connectivity index (χ1n) is 8.62. The van der Waals surface area contributed by atoms with Crippen molar-refractivity contribution >= 4 is 23.5 Å².